The molecule has 0 unspecified atom stereocenters. The molecule has 0 saturated carbocycles. The van der Waals surface area contributed by atoms with Gasteiger partial charge in [0.2, 0.25) is 0 Å². The number of rotatable bonds is 8. The van der Waals surface area contributed by atoms with Crippen molar-refractivity contribution < 1.29 is 18.7 Å². The molecule has 0 spiro atoms. The molecule has 1 amide bonds. The van der Waals surface area contributed by atoms with E-state index in [1.807, 2.05) is 24.0 Å². The van der Waals surface area contributed by atoms with Crippen LogP contribution in [0.25, 0.3) is 11.0 Å². The van der Waals surface area contributed by atoms with Crippen LogP contribution in [0.5, 0.6) is 5.75 Å². The Balaban J connectivity index is 1.29. The predicted octanol–water partition coefficient (Wildman–Crippen LogP) is 3.71. The maximum absolute atomic E-state index is 13.3. The summed E-state index contributed by atoms with van der Waals surface area (Å²) in [6.07, 6.45) is 8.87. The van der Waals surface area contributed by atoms with Gasteiger partial charge in [-0.2, -0.15) is 0 Å². The van der Waals surface area contributed by atoms with Gasteiger partial charge in [-0.05, 0) is 88.6 Å². The number of carbonyl (C=O) groups excluding carboxylic acids is 1. The molecule has 3 heterocycles. The van der Waals surface area contributed by atoms with Crippen LogP contribution in [0.15, 0.2) is 21.3 Å². The molecule has 190 valence electrons. The second-order valence-corrected chi connectivity index (χ2v) is 10.4. The smallest absolute Gasteiger partial charge is 0.339 e. The van der Waals surface area contributed by atoms with Crippen LogP contribution in [0.3, 0.4) is 0 Å². The van der Waals surface area contributed by atoms with Crippen LogP contribution in [0.4, 0.5) is 0 Å². The van der Waals surface area contributed by atoms with Gasteiger partial charge < -0.3 is 23.7 Å². The van der Waals surface area contributed by atoms with Crippen LogP contribution in [0.2, 0.25) is 0 Å². The first kappa shape index (κ1) is 24.3. The maximum atomic E-state index is 13.3. The highest BCUT2D eigenvalue weighted by atomic mass is 16.5. The van der Waals surface area contributed by atoms with E-state index in [2.05, 4.69) is 4.90 Å². The van der Waals surface area contributed by atoms with E-state index in [1.54, 1.807) is 7.11 Å². The maximum Gasteiger partial charge on any atom is 0.339 e. The average molecular weight is 483 g/mol. The Labute approximate surface area is 207 Å². The van der Waals surface area contributed by atoms with E-state index < -0.39 is 0 Å². The van der Waals surface area contributed by atoms with Gasteiger partial charge in [0.1, 0.15) is 11.3 Å². The third kappa shape index (κ3) is 4.98. The van der Waals surface area contributed by atoms with Crippen molar-refractivity contribution in [2.45, 2.75) is 64.3 Å². The van der Waals surface area contributed by atoms with Gasteiger partial charge in [-0.25, -0.2) is 4.79 Å². The summed E-state index contributed by atoms with van der Waals surface area (Å²) in [5.74, 6) is 1.07. The first-order chi connectivity index (χ1) is 17.1. The van der Waals surface area contributed by atoms with Crippen molar-refractivity contribution in [3.8, 4) is 5.75 Å². The topological polar surface area (TPSA) is 72.2 Å². The number of nitrogens with zero attached hydrogens (tertiary/aromatic N) is 2. The molecule has 7 nitrogen and oxygen atoms in total. The Morgan fingerprint density at radius 3 is 2.80 bits per heavy atom. The summed E-state index contributed by atoms with van der Waals surface area (Å²) in [6, 6.07) is 4.46. The van der Waals surface area contributed by atoms with Gasteiger partial charge in [-0.15, -0.1) is 0 Å². The number of hydrogen-bond donors (Lipinski definition) is 0. The lowest BCUT2D eigenvalue weighted by Gasteiger charge is -2.45. The van der Waals surface area contributed by atoms with Crippen molar-refractivity contribution in [3.63, 3.8) is 0 Å². The molecule has 2 saturated heterocycles. The fourth-order valence-electron chi connectivity index (χ4n) is 6.44. The molecule has 0 N–H and O–H groups in total. The standard InChI is InChI=1S/C28H38N2O5/c1-19-25(12-11-22-21-8-5-9-23(21)28(32)35-27(19)22)34-18-26(31)30(15-16-33-2)17-20-7-6-14-29-13-4-3-10-24(20)29/h11-12,20,24H,3-10,13-18H2,1-2H3/t20-,24+/m0/s1. The molecule has 1 aromatic heterocycles. The molecule has 2 fully saturated rings. The number of aryl methyl sites for hydroxylation is 2. The SMILES string of the molecule is COCCN(C[C@@H]1CCCN2CCCC[C@H]12)C(=O)COc1ccc2c3c(c(=O)oc2c1C)CCC3. The van der Waals surface area contributed by atoms with E-state index >= 15 is 0 Å². The van der Waals surface area contributed by atoms with Crippen molar-refractivity contribution in [2.24, 2.45) is 5.92 Å². The zero-order valence-electron chi connectivity index (χ0n) is 21.1. The fourth-order valence-corrected chi connectivity index (χ4v) is 6.44. The molecular formula is C28H38N2O5. The minimum atomic E-state index is -0.240. The summed E-state index contributed by atoms with van der Waals surface area (Å²) in [6.45, 7) is 6.08. The van der Waals surface area contributed by atoms with E-state index in [1.165, 1.54) is 45.2 Å². The lowest BCUT2D eigenvalue weighted by atomic mass is 9.83. The van der Waals surface area contributed by atoms with Gasteiger partial charge in [0.15, 0.2) is 6.61 Å². The molecule has 0 bridgehead atoms. The van der Waals surface area contributed by atoms with E-state index in [0.29, 0.717) is 36.4 Å². The Morgan fingerprint density at radius 1 is 1.11 bits per heavy atom. The minimum Gasteiger partial charge on any atom is -0.483 e. The molecule has 5 rings (SSSR count). The van der Waals surface area contributed by atoms with Crippen LogP contribution in [0, 0.1) is 12.8 Å². The quantitative estimate of drug-likeness (QED) is 0.534. The molecule has 2 atom stereocenters. The van der Waals surface area contributed by atoms with E-state index in [0.717, 1.165) is 47.9 Å². The first-order valence-corrected chi connectivity index (χ1v) is 13.3. The number of amides is 1. The summed E-state index contributed by atoms with van der Waals surface area (Å²) in [5.41, 5.74) is 3.04. The lowest BCUT2D eigenvalue weighted by molar-refractivity contribution is -0.135. The van der Waals surface area contributed by atoms with Crippen molar-refractivity contribution in [1.82, 2.24) is 9.80 Å². The van der Waals surface area contributed by atoms with Gasteiger partial charge in [0.05, 0.1) is 6.61 Å². The highest BCUT2D eigenvalue weighted by Gasteiger charge is 2.34. The summed E-state index contributed by atoms with van der Waals surface area (Å²) < 4.78 is 17.0. The number of benzene rings is 1. The second-order valence-electron chi connectivity index (χ2n) is 10.4. The van der Waals surface area contributed by atoms with Gasteiger partial charge in [-0.3, -0.25) is 4.79 Å². The number of hydrogen-bond acceptors (Lipinski definition) is 6. The molecule has 1 aromatic carbocycles. The molecule has 35 heavy (non-hydrogen) atoms. The number of piperidine rings is 2. The highest BCUT2D eigenvalue weighted by Crippen LogP contribution is 2.34. The Hall–Kier alpha value is -2.38. The van der Waals surface area contributed by atoms with E-state index in [9.17, 15) is 9.59 Å². The molecule has 1 aliphatic carbocycles. The van der Waals surface area contributed by atoms with Crippen LogP contribution in [-0.4, -0.2) is 68.3 Å². The fraction of sp³-hybridized carbons (Fsp3) is 0.643. The molecule has 2 aliphatic heterocycles. The predicted molar refractivity (Wildman–Crippen MR) is 135 cm³/mol. The molecule has 3 aliphatic rings. The average Bonchev–Trinajstić information content (AvgIpc) is 3.38. The van der Waals surface area contributed by atoms with Crippen LogP contribution in [0.1, 0.15) is 55.2 Å². The van der Waals surface area contributed by atoms with Crippen LogP contribution >= 0.6 is 0 Å². The number of ether oxygens (including phenoxy) is 2. The largest absolute Gasteiger partial charge is 0.483 e. The second kappa shape index (κ2) is 10.7. The third-order valence-electron chi connectivity index (χ3n) is 8.29. The zero-order chi connectivity index (χ0) is 24.4. The molecule has 0 radical (unpaired) electrons. The normalized spacial score (nSPS) is 22.1. The lowest BCUT2D eigenvalue weighted by Crippen LogP contribution is -2.52. The minimum absolute atomic E-state index is 0.0233. The van der Waals surface area contributed by atoms with Crippen LogP contribution < -0.4 is 10.4 Å². The monoisotopic (exact) mass is 482 g/mol. The highest BCUT2D eigenvalue weighted by molar-refractivity contribution is 5.86. The van der Waals surface area contributed by atoms with Crippen molar-refractivity contribution in [3.05, 3.63) is 39.2 Å². The Bertz CT molecular complexity index is 1120. The van der Waals surface area contributed by atoms with Gasteiger partial charge in [-0.1, -0.05) is 6.42 Å². The van der Waals surface area contributed by atoms with Crippen molar-refractivity contribution in [1.29, 1.82) is 0 Å². The Morgan fingerprint density at radius 2 is 1.94 bits per heavy atom. The Kier molecular flexibility index (Phi) is 7.44. The van der Waals surface area contributed by atoms with Crippen molar-refractivity contribution >= 4 is 16.9 Å². The number of fused-ring (bicyclic) bond motifs is 4. The van der Waals surface area contributed by atoms with Gasteiger partial charge in [0.25, 0.3) is 5.91 Å². The van der Waals surface area contributed by atoms with E-state index in [-0.39, 0.29) is 18.1 Å². The molecule has 2 aromatic rings. The summed E-state index contributed by atoms with van der Waals surface area (Å²) in [5, 5.41) is 0.990. The molecular weight excluding hydrogens is 444 g/mol. The summed E-state index contributed by atoms with van der Waals surface area (Å²) >= 11 is 0. The number of carbonyl (C=O) groups is 1. The van der Waals surface area contributed by atoms with Gasteiger partial charge >= 0.3 is 5.63 Å². The first-order valence-electron chi connectivity index (χ1n) is 13.3. The summed E-state index contributed by atoms with van der Waals surface area (Å²) in [7, 11) is 1.67. The van der Waals surface area contributed by atoms with E-state index in [4.69, 9.17) is 13.9 Å². The van der Waals surface area contributed by atoms with Crippen LogP contribution in [-0.2, 0) is 22.4 Å². The number of methoxy groups -OCH3 is 1. The summed E-state index contributed by atoms with van der Waals surface area (Å²) in [4.78, 5) is 30.3. The van der Waals surface area contributed by atoms with Gasteiger partial charge in [0, 0.05) is 42.8 Å². The molecule has 7 heteroatoms. The third-order valence-corrected chi connectivity index (χ3v) is 8.29. The zero-order valence-corrected chi connectivity index (χ0v) is 21.1. The van der Waals surface area contributed by atoms with Crippen molar-refractivity contribution in [2.75, 3.05) is 46.5 Å².